The number of nitrogens with zero attached hydrogens (tertiary/aromatic N) is 1. The average Bonchev–Trinajstić information content (AvgIpc) is 2.76. The predicted octanol–water partition coefficient (Wildman–Crippen LogP) is 5.02. The van der Waals surface area contributed by atoms with E-state index in [1.165, 1.54) is 16.7 Å². The second kappa shape index (κ2) is 9.37. The smallest absolute Gasteiger partial charge is 0.120 e. The minimum Gasteiger partial charge on any atom is -0.489 e. The highest BCUT2D eigenvalue weighted by Gasteiger charge is 2.25. The van der Waals surface area contributed by atoms with Crippen LogP contribution >= 0.6 is 15.9 Å². The van der Waals surface area contributed by atoms with E-state index in [-0.39, 0.29) is 6.04 Å². The minimum absolute atomic E-state index is 0.206. The van der Waals surface area contributed by atoms with Crippen LogP contribution in [0.25, 0.3) is 0 Å². The predicted molar refractivity (Wildman–Crippen MR) is 118 cm³/mol. The highest BCUT2D eigenvalue weighted by Crippen LogP contribution is 2.35. The quantitative estimate of drug-likeness (QED) is 0.586. The Labute approximate surface area is 175 Å². The Morgan fingerprint density at radius 3 is 2.43 bits per heavy atom. The van der Waals surface area contributed by atoms with Crippen molar-refractivity contribution >= 4 is 15.9 Å². The van der Waals surface area contributed by atoms with Gasteiger partial charge in [0.05, 0.1) is 6.04 Å². The first kappa shape index (κ1) is 19.2. The molecule has 0 aromatic heterocycles. The van der Waals surface area contributed by atoms with Crippen molar-refractivity contribution in [2.45, 2.75) is 12.6 Å². The van der Waals surface area contributed by atoms with Gasteiger partial charge in [0, 0.05) is 30.7 Å². The Morgan fingerprint density at radius 2 is 1.64 bits per heavy atom. The van der Waals surface area contributed by atoms with Crippen LogP contribution in [0.5, 0.6) is 5.75 Å². The van der Waals surface area contributed by atoms with Crippen molar-refractivity contribution in [2.75, 3.05) is 26.2 Å². The van der Waals surface area contributed by atoms with E-state index in [9.17, 15) is 0 Å². The lowest BCUT2D eigenvalue weighted by molar-refractivity contribution is 0.197. The first-order valence-electron chi connectivity index (χ1n) is 9.77. The maximum Gasteiger partial charge on any atom is 0.120 e. The lowest BCUT2D eigenvalue weighted by Crippen LogP contribution is -2.45. The number of halogens is 1. The van der Waals surface area contributed by atoms with Crippen LogP contribution in [-0.4, -0.2) is 31.1 Å². The Morgan fingerprint density at radius 1 is 0.893 bits per heavy atom. The molecule has 28 heavy (non-hydrogen) atoms. The van der Waals surface area contributed by atoms with Gasteiger partial charge in [-0.25, -0.2) is 0 Å². The first-order valence-corrected chi connectivity index (χ1v) is 10.6. The summed E-state index contributed by atoms with van der Waals surface area (Å²) in [5, 5.41) is 3.46. The van der Waals surface area contributed by atoms with Gasteiger partial charge in [0.25, 0.3) is 0 Å². The molecule has 0 radical (unpaired) electrons. The summed E-state index contributed by atoms with van der Waals surface area (Å²) in [5.74, 6) is 0.911. The molecule has 4 heteroatoms. The van der Waals surface area contributed by atoms with Crippen molar-refractivity contribution in [3.8, 4) is 5.75 Å². The third-order valence-corrected chi connectivity index (χ3v) is 5.86. The van der Waals surface area contributed by atoms with Crippen LogP contribution in [0.1, 0.15) is 22.7 Å². The largest absolute Gasteiger partial charge is 0.489 e. The molecule has 3 nitrogen and oxygen atoms in total. The Balaban J connectivity index is 1.61. The van der Waals surface area contributed by atoms with Gasteiger partial charge in [-0.3, -0.25) is 4.90 Å². The second-order valence-corrected chi connectivity index (χ2v) is 7.91. The van der Waals surface area contributed by atoms with Gasteiger partial charge >= 0.3 is 0 Å². The third-order valence-electron chi connectivity index (χ3n) is 5.14. The summed E-state index contributed by atoms with van der Waals surface area (Å²) in [6.45, 7) is 4.68. The normalized spacial score (nSPS) is 15.9. The summed E-state index contributed by atoms with van der Waals surface area (Å²) in [5.41, 5.74) is 3.74. The topological polar surface area (TPSA) is 24.5 Å². The van der Waals surface area contributed by atoms with E-state index < -0.39 is 0 Å². The van der Waals surface area contributed by atoms with E-state index in [1.807, 2.05) is 24.3 Å². The van der Waals surface area contributed by atoms with E-state index in [0.29, 0.717) is 6.61 Å². The molecule has 1 fully saturated rings. The Bertz CT molecular complexity index is 894. The van der Waals surface area contributed by atoms with Gasteiger partial charge in [0.15, 0.2) is 0 Å². The molecule has 1 unspecified atom stereocenters. The van der Waals surface area contributed by atoms with Crippen LogP contribution in [0.2, 0.25) is 0 Å². The van der Waals surface area contributed by atoms with E-state index in [2.05, 4.69) is 80.7 Å². The van der Waals surface area contributed by atoms with Crippen LogP contribution in [0, 0.1) is 0 Å². The van der Waals surface area contributed by atoms with E-state index in [1.54, 1.807) is 0 Å². The van der Waals surface area contributed by atoms with Gasteiger partial charge in [-0.05, 0) is 34.9 Å². The molecule has 1 N–H and O–H groups in total. The lowest BCUT2D eigenvalue weighted by Gasteiger charge is -2.36. The lowest BCUT2D eigenvalue weighted by atomic mass is 9.96. The van der Waals surface area contributed by atoms with E-state index in [0.717, 1.165) is 36.4 Å². The van der Waals surface area contributed by atoms with Crippen molar-refractivity contribution in [3.05, 3.63) is 100 Å². The van der Waals surface area contributed by atoms with Crippen LogP contribution in [-0.2, 0) is 6.61 Å². The highest BCUT2D eigenvalue weighted by atomic mass is 79.9. The summed E-state index contributed by atoms with van der Waals surface area (Å²) in [6.07, 6.45) is 0. The Kier molecular flexibility index (Phi) is 6.42. The van der Waals surface area contributed by atoms with Gasteiger partial charge < -0.3 is 10.1 Å². The minimum atomic E-state index is 0.206. The molecule has 1 atom stereocenters. The van der Waals surface area contributed by atoms with Crippen molar-refractivity contribution < 1.29 is 4.74 Å². The maximum absolute atomic E-state index is 6.09. The fraction of sp³-hybridized carbons (Fsp3) is 0.250. The highest BCUT2D eigenvalue weighted by molar-refractivity contribution is 9.10. The molecule has 4 rings (SSSR count). The third kappa shape index (κ3) is 4.64. The van der Waals surface area contributed by atoms with Crippen molar-refractivity contribution in [1.82, 2.24) is 10.2 Å². The fourth-order valence-corrected chi connectivity index (χ4v) is 4.24. The zero-order valence-electron chi connectivity index (χ0n) is 15.9. The number of hydrogen-bond acceptors (Lipinski definition) is 3. The summed E-state index contributed by atoms with van der Waals surface area (Å²) in [4.78, 5) is 2.55. The molecule has 0 spiro atoms. The van der Waals surface area contributed by atoms with Gasteiger partial charge in [-0.15, -0.1) is 0 Å². The molecule has 3 aromatic carbocycles. The molecule has 1 aliphatic heterocycles. The number of ether oxygens (including phenoxy) is 1. The molecular weight excluding hydrogens is 412 g/mol. The molecule has 0 aliphatic carbocycles. The van der Waals surface area contributed by atoms with Crippen molar-refractivity contribution in [2.24, 2.45) is 0 Å². The molecule has 1 aliphatic rings. The van der Waals surface area contributed by atoms with E-state index in [4.69, 9.17) is 4.74 Å². The summed E-state index contributed by atoms with van der Waals surface area (Å²) in [6, 6.07) is 27.6. The zero-order valence-corrected chi connectivity index (χ0v) is 17.4. The maximum atomic E-state index is 6.09. The summed E-state index contributed by atoms with van der Waals surface area (Å²) < 4.78 is 7.24. The van der Waals surface area contributed by atoms with E-state index >= 15 is 0 Å². The second-order valence-electron chi connectivity index (χ2n) is 7.06. The molecule has 144 valence electrons. The molecule has 1 heterocycles. The number of benzene rings is 3. The monoisotopic (exact) mass is 436 g/mol. The Hall–Kier alpha value is -2.14. The van der Waals surface area contributed by atoms with Crippen LogP contribution in [0.3, 0.4) is 0 Å². The number of nitrogens with one attached hydrogen (secondary N) is 1. The van der Waals surface area contributed by atoms with Gasteiger partial charge in [-0.1, -0.05) is 76.6 Å². The van der Waals surface area contributed by atoms with Crippen molar-refractivity contribution in [3.63, 3.8) is 0 Å². The van der Waals surface area contributed by atoms with Gasteiger partial charge in [-0.2, -0.15) is 0 Å². The van der Waals surface area contributed by atoms with Crippen molar-refractivity contribution in [1.29, 1.82) is 0 Å². The average molecular weight is 437 g/mol. The molecular formula is C24H25BrN2O. The fourth-order valence-electron chi connectivity index (χ4n) is 3.74. The standard InChI is InChI=1S/C24H25BrN2O/c25-23-12-5-4-11-22(23)24(27-15-13-26-14-16-27)20-9-6-10-21(17-20)28-18-19-7-2-1-3-8-19/h1-12,17,24,26H,13-16,18H2. The van der Waals surface area contributed by atoms with Gasteiger partial charge in [0.1, 0.15) is 12.4 Å². The zero-order chi connectivity index (χ0) is 19.2. The summed E-state index contributed by atoms with van der Waals surface area (Å²) in [7, 11) is 0. The van der Waals surface area contributed by atoms with Crippen LogP contribution < -0.4 is 10.1 Å². The molecule has 0 bridgehead atoms. The molecule has 1 saturated heterocycles. The molecule has 0 saturated carbocycles. The number of hydrogen-bond donors (Lipinski definition) is 1. The van der Waals surface area contributed by atoms with Gasteiger partial charge in [0.2, 0.25) is 0 Å². The SMILES string of the molecule is Brc1ccccc1C(c1cccc(OCc2ccccc2)c1)N1CCNCC1. The van der Waals surface area contributed by atoms with Crippen LogP contribution in [0.15, 0.2) is 83.3 Å². The number of piperazine rings is 1. The van der Waals surface area contributed by atoms with Crippen LogP contribution in [0.4, 0.5) is 0 Å². The first-order chi connectivity index (χ1) is 13.8. The summed E-state index contributed by atoms with van der Waals surface area (Å²) >= 11 is 3.77. The number of rotatable bonds is 6. The molecule has 0 amide bonds. The molecule has 3 aromatic rings.